The van der Waals surface area contributed by atoms with Gasteiger partial charge in [-0.1, -0.05) is 17.7 Å². The fraction of sp³-hybridized carbons (Fsp3) is 0.125. The van der Waals surface area contributed by atoms with Crippen LogP contribution in [-0.4, -0.2) is 4.98 Å². The summed E-state index contributed by atoms with van der Waals surface area (Å²) in [5.41, 5.74) is 6.22. The van der Waals surface area contributed by atoms with Crippen molar-refractivity contribution in [3.63, 3.8) is 0 Å². The van der Waals surface area contributed by atoms with Gasteiger partial charge in [0.05, 0.1) is 5.02 Å². The molecule has 0 fully saturated rings. The Hall–Kier alpha value is -0.930. The average Bonchev–Trinajstić information content (AvgIpc) is 2.08. The van der Waals surface area contributed by atoms with E-state index in [0.717, 1.165) is 0 Å². The highest BCUT2D eigenvalue weighted by molar-refractivity contribution is 6.30. The van der Waals surface area contributed by atoms with Gasteiger partial charge >= 0.3 is 0 Å². The first kappa shape index (κ1) is 9.16. The van der Waals surface area contributed by atoms with E-state index in [-0.39, 0.29) is 11.1 Å². The second-order valence-corrected chi connectivity index (χ2v) is 2.71. The van der Waals surface area contributed by atoms with Crippen LogP contribution in [0, 0.1) is 5.95 Å². The van der Waals surface area contributed by atoms with Crippen LogP contribution < -0.4 is 5.73 Å². The number of aromatic nitrogens is 1. The quantitative estimate of drug-likeness (QED) is 0.567. The Kier molecular flexibility index (Phi) is 2.78. The molecule has 0 amide bonds. The van der Waals surface area contributed by atoms with Crippen molar-refractivity contribution < 1.29 is 4.39 Å². The molecule has 0 aliphatic carbocycles. The smallest absolute Gasteiger partial charge is 0.231 e. The van der Waals surface area contributed by atoms with Crippen molar-refractivity contribution in [2.45, 2.75) is 6.04 Å². The van der Waals surface area contributed by atoms with Crippen LogP contribution in [-0.2, 0) is 0 Å². The third-order valence-electron chi connectivity index (χ3n) is 1.46. The Bertz CT molecular complexity index is 301. The van der Waals surface area contributed by atoms with Crippen molar-refractivity contribution in [3.8, 4) is 0 Å². The summed E-state index contributed by atoms with van der Waals surface area (Å²) in [5.74, 6) is -0.684. The Balaban J connectivity index is 3.04. The molecule has 4 heteroatoms. The Morgan fingerprint density at radius 2 is 2.42 bits per heavy atom. The van der Waals surface area contributed by atoms with E-state index in [2.05, 4.69) is 11.6 Å². The van der Waals surface area contributed by atoms with Gasteiger partial charge in [-0.05, 0) is 11.6 Å². The zero-order chi connectivity index (χ0) is 9.14. The first-order chi connectivity index (χ1) is 5.65. The zero-order valence-corrected chi connectivity index (χ0v) is 7.05. The van der Waals surface area contributed by atoms with E-state index in [9.17, 15) is 4.39 Å². The molecule has 1 atom stereocenters. The standard InChI is InChI=1S/C8H8ClFN2/c1-2-7(11)5-3-6(9)8(10)12-4-5/h2-4,7H,1,11H2/t7-/m1/s1. The van der Waals surface area contributed by atoms with E-state index in [1.165, 1.54) is 18.3 Å². The summed E-state index contributed by atoms with van der Waals surface area (Å²) < 4.78 is 12.6. The van der Waals surface area contributed by atoms with Crippen LogP contribution in [0.25, 0.3) is 0 Å². The molecule has 0 saturated carbocycles. The van der Waals surface area contributed by atoms with Crippen molar-refractivity contribution in [1.82, 2.24) is 4.98 Å². The van der Waals surface area contributed by atoms with Gasteiger partial charge in [0.25, 0.3) is 0 Å². The molecule has 0 unspecified atom stereocenters. The van der Waals surface area contributed by atoms with Crippen LogP contribution in [0.2, 0.25) is 5.02 Å². The summed E-state index contributed by atoms with van der Waals surface area (Å²) in [4.78, 5) is 3.42. The van der Waals surface area contributed by atoms with Gasteiger partial charge in [0, 0.05) is 12.2 Å². The van der Waals surface area contributed by atoms with E-state index in [0.29, 0.717) is 5.56 Å². The Morgan fingerprint density at radius 3 is 2.92 bits per heavy atom. The number of rotatable bonds is 2. The van der Waals surface area contributed by atoms with Crippen LogP contribution >= 0.6 is 11.6 Å². The average molecular weight is 187 g/mol. The molecular weight excluding hydrogens is 179 g/mol. The molecule has 0 bridgehead atoms. The Labute approximate surface area is 74.9 Å². The van der Waals surface area contributed by atoms with Crippen molar-refractivity contribution in [1.29, 1.82) is 0 Å². The van der Waals surface area contributed by atoms with Gasteiger partial charge in [-0.15, -0.1) is 6.58 Å². The van der Waals surface area contributed by atoms with Crippen molar-refractivity contribution in [2.75, 3.05) is 0 Å². The zero-order valence-electron chi connectivity index (χ0n) is 6.30. The summed E-state index contributed by atoms with van der Waals surface area (Å²) in [6.07, 6.45) is 2.87. The molecule has 2 nitrogen and oxygen atoms in total. The lowest BCUT2D eigenvalue weighted by molar-refractivity contribution is 0.582. The maximum Gasteiger partial charge on any atom is 0.231 e. The molecule has 1 aromatic rings. The molecule has 0 aliphatic rings. The third kappa shape index (κ3) is 1.81. The molecule has 0 spiro atoms. The van der Waals surface area contributed by atoms with E-state index >= 15 is 0 Å². The van der Waals surface area contributed by atoms with Crippen LogP contribution in [0.3, 0.4) is 0 Å². The lowest BCUT2D eigenvalue weighted by Crippen LogP contribution is -2.07. The summed E-state index contributed by atoms with van der Waals surface area (Å²) >= 11 is 5.49. The summed E-state index contributed by atoms with van der Waals surface area (Å²) in [6.45, 7) is 3.50. The van der Waals surface area contributed by atoms with Crippen molar-refractivity contribution in [2.24, 2.45) is 5.73 Å². The second kappa shape index (κ2) is 3.65. The van der Waals surface area contributed by atoms with Gasteiger partial charge in [-0.25, -0.2) is 4.98 Å². The highest BCUT2D eigenvalue weighted by Crippen LogP contribution is 2.17. The fourth-order valence-corrected chi connectivity index (χ4v) is 0.929. The molecule has 64 valence electrons. The van der Waals surface area contributed by atoms with Gasteiger partial charge in [-0.2, -0.15) is 4.39 Å². The number of hydrogen-bond acceptors (Lipinski definition) is 2. The molecule has 0 aromatic carbocycles. The first-order valence-electron chi connectivity index (χ1n) is 3.34. The highest BCUT2D eigenvalue weighted by Gasteiger charge is 2.05. The molecular formula is C8H8ClFN2. The van der Waals surface area contributed by atoms with Gasteiger partial charge in [0.1, 0.15) is 0 Å². The number of halogens is 2. The summed E-state index contributed by atoms with van der Waals surface area (Å²) in [5, 5.41) is -0.0233. The normalized spacial score (nSPS) is 12.6. The SMILES string of the molecule is C=C[C@@H](N)c1cnc(F)c(Cl)c1. The van der Waals surface area contributed by atoms with E-state index in [1.54, 1.807) is 0 Å². The van der Waals surface area contributed by atoms with Crippen LogP contribution in [0.1, 0.15) is 11.6 Å². The Morgan fingerprint density at radius 1 is 1.75 bits per heavy atom. The molecule has 1 heterocycles. The van der Waals surface area contributed by atoms with E-state index in [1.807, 2.05) is 0 Å². The third-order valence-corrected chi connectivity index (χ3v) is 1.72. The van der Waals surface area contributed by atoms with Crippen LogP contribution in [0.4, 0.5) is 4.39 Å². The molecule has 1 aromatic heterocycles. The van der Waals surface area contributed by atoms with Gasteiger partial charge in [0.2, 0.25) is 5.95 Å². The lowest BCUT2D eigenvalue weighted by atomic mass is 10.1. The second-order valence-electron chi connectivity index (χ2n) is 2.30. The number of nitrogens with two attached hydrogens (primary N) is 1. The largest absolute Gasteiger partial charge is 0.321 e. The molecule has 0 aliphatic heterocycles. The van der Waals surface area contributed by atoms with Crippen LogP contribution in [0.15, 0.2) is 24.9 Å². The molecule has 0 saturated heterocycles. The summed E-state index contributed by atoms with van der Waals surface area (Å²) in [6, 6.07) is 1.09. The molecule has 12 heavy (non-hydrogen) atoms. The molecule has 2 N–H and O–H groups in total. The highest BCUT2D eigenvalue weighted by atomic mass is 35.5. The van der Waals surface area contributed by atoms with Gasteiger partial charge in [-0.3, -0.25) is 0 Å². The van der Waals surface area contributed by atoms with Gasteiger partial charge in [0.15, 0.2) is 0 Å². The number of hydrogen-bond donors (Lipinski definition) is 1. The maximum absolute atomic E-state index is 12.6. The van der Waals surface area contributed by atoms with E-state index in [4.69, 9.17) is 17.3 Å². The maximum atomic E-state index is 12.6. The van der Waals surface area contributed by atoms with E-state index < -0.39 is 5.95 Å². The minimum atomic E-state index is -0.684. The molecule has 0 radical (unpaired) electrons. The monoisotopic (exact) mass is 186 g/mol. The molecule has 1 rings (SSSR count). The predicted octanol–water partition coefficient (Wildman–Crippen LogP) is 2.06. The van der Waals surface area contributed by atoms with Gasteiger partial charge < -0.3 is 5.73 Å². The van der Waals surface area contributed by atoms with Crippen molar-refractivity contribution >= 4 is 11.6 Å². The fourth-order valence-electron chi connectivity index (χ4n) is 0.754. The number of pyridine rings is 1. The minimum Gasteiger partial charge on any atom is -0.321 e. The first-order valence-corrected chi connectivity index (χ1v) is 3.72. The minimum absolute atomic E-state index is 0.0233. The van der Waals surface area contributed by atoms with Crippen molar-refractivity contribution in [3.05, 3.63) is 41.5 Å². The predicted molar refractivity (Wildman–Crippen MR) is 46.3 cm³/mol. The topological polar surface area (TPSA) is 38.9 Å². The summed E-state index contributed by atoms with van der Waals surface area (Å²) in [7, 11) is 0. The lowest BCUT2D eigenvalue weighted by Gasteiger charge is -2.05. The number of nitrogens with zero attached hydrogens (tertiary/aromatic N) is 1. The van der Waals surface area contributed by atoms with Crippen LogP contribution in [0.5, 0.6) is 0 Å².